The van der Waals surface area contributed by atoms with Crippen LogP contribution < -0.4 is 10.2 Å². The molecule has 2 aromatic carbocycles. The number of amides is 1. The topological polar surface area (TPSA) is 80.5 Å². The van der Waals surface area contributed by atoms with Gasteiger partial charge in [-0.1, -0.05) is 46.3 Å². The molecule has 6 nitrogen and oxygen atoms in total. The summed E-state index contributed by atoms with van der Waals surface area (Å²) in [5.41, 5.74) is 4.92. The standard InChI is InChI=1S/C22H14BrN3O3S/c23-15-6-8-16(9-7-15)26-19(14-4-2-1-3-5-14)13-30-22(26)25-24-21(29)18-12-17(27)10-11-20(18)28/h1-13H,(H,24,29)/b25-22+. The van der Waals surface area contributed by atoms with Crippen molar-refractivity contribution in [1.82, 2.24) is 9.99 Å². The molecule has 148 valence electrons. The van der Waals surface area contributed by atoms with Crippen molar-refractivity contribution in [1.29, 1.82) is 0 Å². The lowest BCUT2D eigenvalue weighted by Crippen LogP contribution is -2.29. The number of allylic oxidation sites excluding steroid dienone is 3. The first-order chi connectivity index (χ1) is 14.5. The fourth-order valence-corrected chi connectivity index (χ4v) is 4.01. The first kappa shape index (κ1) is 19.9. The molecule has 0 aliphatic heterocycles. The molecule has 0 saturated carbocycles. The van der Waals surface area contributed by atoms with E-state index in [1.54, 1.807) is 0 Å². The van der Waals surface area contributed by atoms with E-state index in [1.165, 1.54) is 11.3 Å². The summed E-state index contributed by atoms with van der Waals surface area (Å²) in [6, 6.07) is 17.5. The molecule has 30 heavy (non-hydrogen) atoms. The summed E-state index contributed by atoms with van der Waals surface area (Å²) < 4.78 is 2.85. The molecule has 0 unspecified atom stereocenters. The van der Waals surface area contributed by atoms with Gasteiger partial charge in [0.1, 0.15) is 0 Å². The first-order valence-corrected chi connectivity index (χ1v) is 10.5. The van der Waals surface area contributed by atoms with Crippen LogP contribution in [0.4, 0.5) is 0 Å². The predicted molar refractivity (Wildman–Crippen MR) is 118 cm³/mol. The lowest BCUT2D eigenvalue weighted by molar-refractivity contribution is -0.122. The quantitative estimate of drug-likeness (QED) is 0.353. The summed E-state index contributed by atoms with van der Waals surface area (Å²) in [4.78, 5) is 36.3. The number of nitrogens with zero attached hydrogens (tertiary/aromatic N) is 2. The average Bonchev–Trinajstić information content (AvgIpc) is 3.19. The smallest absolute Gasteiger partial charge is 0.275 e. The molecule has 3 aromatic rings. The van der Waals surface area contributed by atoms with Crippen molar-refractivity contribution in [3.63, 3.8) is 0 Å². The van der Waals surface area contributed by atoms with Gasteiger partial charge in [-0.05, 0) is 42.0 Å². The number of benzene rings is 2. The summed E-state index contributed by atoms with van der Waals surface area (Å²) in [6.45, 7) is 0. The molecule has 1 amide bonds. The van der Waals surface area contributed by atoms with Crippen LogP contribution in [0.3, 0.4) is 0 Å². The van der Waals surface area contributed by atoms with E-state index < -0.39 is 17.5 Å². The maximum atomic E-state index is 12.4. The normalized spacial score (nSPS) is 14.0. The number of ketones is 2. The highest BCUT2D eigenvalue weighted by Gasteiger charge is 2.20. The van der Waals surface area contributed by atoms with Crippen molar-refractivity contribution >= 4 is 44.7 Å². The Morgan fingerprint density at radius 1 is 1.00 bits per heavy atom. The van der Waals surface area contributed by atoms with Gasteiger partial charge in [0.2, 0.25) is 4.80 Å². The zero-order chi connectivity index (χ0) is 21.1. The average molecular weight is 480 g/mol. The Kier molecular flexibility index (Phi) is 5.69. The predicted octanol–water partition coefficient (Wildman–Crippen LogP) is 3.53. The van der Waals surface area contributed by atoms with Crippen LogP contribution in [-0.2, 0) is 14.4 Å². The van der Waals surface area contributed by atoms with Gasteiger partial charge in [0.05, 0.1) is 11.3 Å². The molecular formula is C22H14BrN3O3S. The zero-order valence-electron chi connectivity index (χ0n) is 15.4. The van der Waals surface area contributed by atoms with Crippen molar-refractivity contribution < 1.29 is 14.4 Å². The van der Waals surface area contributed by atoms with Crippen molar-refractivity contribution in [2.45, 2.75) is 0 Å². The van der Waals surface area contributed by atoms with E-state index in [-0.39, 0.29) is 5.57 Å². The lowest BCUT2D eigenvalue weighted by atomic mass is 10.0. The monoisotopic (exact) mass is 479 g/mol. The van der Waals surface area contributed by atoms with Gasteiger partial charge in [-0.2, -0.15) is 0 Å². The van der Waals surface area contributed by atoms with Crippen LogP contribution in [0.2, 0.25) is 0 Å². The first-order valence-electron chi connectivity index (χ1n) is 8.87. The van der Waals surface area contributed by atoms with Gasteiger partial charge in [-0.25, -0.2) is 5.43 Å². The SMILES string of the molecule is O=C1C=CC(=O)C(C(=O)N/N=c2/scc(-c3ccccc3)n2-c2ccc(Br)cc2)=C1. The van der Waals surface area contributed by atoms with Crippen LogP contribution in [-0.4, -0.2) is 22.0 Å². The van der Waals surface area contributed by atoms with E-state index in [4.69, 9.17) is 0 Å². The second-order valence-corrected chi connectivity index (χ2v) is 8.04. The number of rotatable bonds is 4. The second kappa shape index (κ2) is 8.56. The molecule has 1 aliphatic rings. The Balaban J connectivity index is 1.75. The molecule has 0 saturated heterocycles. The molecule has 1 heterocycles. The Labute approximate surface area is 184 Å². The minimum absolute atomic E-state index is 0.235. The number of hydrogen-bond donors (Lipinski definition) is 1. The number of hydrogen-bond acceptors (Lipinski definition) is 5. The van der Waals surface area contributed by atoms with E-state index in [1.807, 2.05) is 64.5 Å². The van der Waals surface area contributed by atoms with Gasteiger partial charge in [0.15, 0.2) is 11.6 Å². The highest BCUT2D eigenvalue weighted by Crippen LogP contribution is 2.24. The van der Waals surface area contributed by atoms with Crippen LogP contribution in [0.25, 0.3) is 16.9 Å². The van der Waals surface area contributed by atoms with E-state index in [0.717, 1.165) is 39.6 Å². The molecule has 1 N–H and O–H groups in total. The fraction of sp³-hybridized carbons (Fsp3) is 0. The molecule has 4 rings (SSSR count). The third-order valence-electron chi connectivity index (χ3n) is 4.31. The molecule has 1 aliphatic carbocycles. The van der Waals surface area contributed by atoms with Gasteiger partial charge in [-0.3, -0.25) is 19.0 Å². The second-order valence-electron chi connectivity index (χ2n) is 6.29. The number of carbonyl (C=O) groups is 3. The van der Waals surface area contributed by atoms with E-state index in [9.17, 15) is 14.4 Å². The zero-order valence-corrected chi connectivity index (χ0v) is 17.8. The van der Waals surface area contributed by atoms with Crippen molar-refractivity contribution in [2.24, 2.45) is 5.10 Å². The maximum Gasteiger partial charge on any atom is 0.275 e. The van der Waals surface area contributed by atoms with Crippen molar-refractivity contribution in [3.8, 4) is 16.9 Å². The van der Waals surface area contributed by atoms with Crippen molar-refractivity contribution in [2.75, 3.05) is 0 Å². The Morgan fingerprint density at radius 2 is 1.73 bits per heavy atom. The number of thiazole rings is 1. The minimum atomic E-state index is -0.727. The van der Waals surface area contributed by atoms with E-state index in [0.29, 0.717) is 4.80 Å². The largest absolute Gasteiger partial charge is 0.290 e. The van der Waals surface area contributed by atoms with E-state index >= 15 is 0 Å². The van der Waals surface area contributed by atoms with Crippen LogP contribution in [0.5, 0.6) is 0 Å². The molecule has 0 spiro atoms. The maximum absolute atomic E-state index is 12.4. The molecular weight excluding hydrogens is 466 g/mol. The third kappa shape index (κ3) is 4.14. The summed E-state index contributed by atoms with van der Waals surface area (Å²) in [5.74, 6) is -1.67. The number of halogens is 1. The Bertz CT molecular complexity index is 1270. The number of nitrogens with one attached hydrogen (secondary N) is 1. The number of aromatic nitrogens is 1. The van der Waals surface area contributed by atoms with Crippen LogP contribution >= 0.6 is 27.3 Å². The molecule has 8 heteroatoms. The Hall–Kier alpha value is -3.36. The summed E-state index contributed by atoms with van der Waals surface area (Å²) >= 11 is 4.78. The van der Waals surface area contributed by atoms with Crippen molar-refractivity contribution in [3.05, 3.63) is 93.1 Å². The summed E-state index contributed by atoms with van der Waals surface area (Å²) in [6.07, 6.45) is 3.22. The highest BCUT2D eigenvalue weighted by atomic mass is 79.9. The van der Waals surface area contributed by atoms with Gasteiger partial charge in [0, 0.05) is 21.6 Å². The molecule has 0 bridgehead atoms. The van der Waals surface area contributed by atoms with Crippen LogP contribution in [0, 0.1) is 0 Å². The van der Waals surface area contributed by atoms with Gasteiger partial charge >= 0.3 is 0 Å². The van der Waals surface area contributed by atoms with Gasteiger partial charge in [-0.15, -0.1) is 16.4 Å². The van der Waals surface area contributed by atoms with Gasteiger partial charge in [0.25, 0.3) is 5.91 Å². The Morgan fingerprint density at radius 3 is 2.47 bits per heavy atom. The fourth-order valence-electron chi connectivity index (χ4n) is 2.88. The molecule has 0 fully saturated rings. The summed E-state index contributed by atoms with van der Waals surface area (Å²) in [5, 5.41) is 6.17. The molecule has 1 aromatic heterocycles. The van der Waals surface area contributed by atoms with Crippen LogP contribution in [0.15, 0.2) is 93.4 Å². The van der Waals surface area contributed by atoms with Gasteiger partial charge < -0.3 is 0 Å². The lowest BCUT2D eigenvalue weighted by Gasteiger charge is -2.10. The highest BCUT2D eigenvalue weighted by molar-refractivity contribution is 9.10. The molecule has 0 radical (unpaired) electrons. The van der Waals surface area contributed by atoms with E-state index in [2.05, 4.69) is 26.5 Å². The third-order valence-corrected chi connectivity index (χ3v) is 5.67. The molecule has 0 atom stereocenters. The number of carbonyl (C=O) groups excluding carboxylic acids is 3. The van der Waals surface area contributed by atoms with Crippen LogP contribution in [0.1, 0.15) is 0 Å². The summed E-state index contributed by atoms with van der Waals surface area (Å²) in [7, 11) is 0. The minimum Gasteiger partial charge on any atom is -0.290 e.